The standard InChI is InChI=1S/C26H35N5O5/c1-23(2,3)36-21(33)17-10-25(11-17)12-26(13-25,27-14-24(15-32)7-4-8-24)22-28-29-30-31(22)18-5-6-19-20(9-18)35-16-34-19/h5-6,9,17,27,32H,4,7-8,10-16H2,1-3H3. The quantitative estimate of drug-likeness (QED) is 0.556. The maximum atomic E-state index is 12.6. The fourth-order valence-electron chi connectivity index (χ4n) is 6.52. The number of carbonyl (C=O) groups is 1. The Morgan fingerprint density at radius 2 is 1.97 bits per heavy atom. The summed E-state index contributed by atoms with van der Waals surface area (Å²) in [4.78, 5) is 12.6. The van der Waals surface area contributed by atoms with Crippen LogP contribution in [0.4, 0.5) is 0 Å². The van der Waals surface area contributed by atoms with Crippen molar-refractivity contribution in [2.75, 3.05) is 19.9 Å². The van der Waals surface area contributed by atoms with E-state index in [-0.39, 0.29) is 36.1 Å². The van der Waals surface area contributed by atoms with E-state index in [1.807, 2.05) is 39.0 Å². The van der Waals surface area contributed by atoms with Crippen molar-refractivity contribution in [2.45, 2.75) is 76.9 Å². The molecule has 10 nitrogen and oxygen atoms in total. The summed E-state index contributed by atoms with van der Waals surface area (Å²) in [5.41, 5.74) is -0.102. The summed E-state index contributed by atoms with van der Waals surface area (Å²) >= 11 is 0. The van der Waals surface area contributed by atoms with Gasteiger partial charge in [0.15, 0.2) is 17.3 Å². The highest BCUT2D eigenvalue weighted by Crippen LogP contribution is 2.66. The molecule has 0 unspecified atom stereocenters. The summed E-state index contributed by atoms with van der Waals surface area (Å²) in [7, 11) is 0. The highest BCUT2D eigenvalue weighted by atomic mass is 16.7. The van der Waals surface area contributed by atoms with Crippen LogP contribution in [-0.4, -0.2) is 56.8 Å². The molecule has 36 heavy (non-hydrogen) atoms. The highest BCUT2D eigenvalue weighted by Gasteiger charge is 2.64. The van der Waals surface area contributed by atoms with Crippen LogP contribution < -0.4 is 14.8 Å². The first-order valence-electron chi connectivity index (χ1n) is 12.9. The third-order valence-corrected chi connectivity index (χ3v) is 8.50. The monoisotopic (exact) mass is 497 g/mol. The Hall–Kier alpha value is -2.72. The van der Waals surface area contributed by atoms with Crippen molar-refractivity contribution < 1.29 is 24.1 Å². The molecule has 0 amide bonds. The number of hydrogen-bond donors (Lipinski definition) is 2. The SMILES string of the molecule is CC(C)(C)OC(=O)C1CC2(C1)CC(NCC1(CO)CCC1)(c1nnnn1-c1ccc3c(c1)OCO3)C2. The number of esters is 1. The van der Waals surface area contributed by atoms with Crippen molar-refractivity contribution in [3.63, 3.8) is 0 Å². The van der Waals surface area contributed by atoms with E-state index in [0.717, 1.165) is 56.5 Å². The Bertz CT molecular complexity index is 1150. The number of ether oxygens (including phenoxy) is 3. The molecule has 10 heteroatoms. The van der Waals surface area contributed by atoms with Crippen LogP contribution in [0.5, 0.6) is 11.5 Å². The first kappa shape index (κ1) is 23.7. The molecule has 0 radical (unpaired) electrons. The lowest BCUT2D eigenvalue weighted by Crippen LogP contribution is -2.65. The fraction of sp³-hybridized carbons (Fsp3) is 0.692. The van der Waals surface area contributed by atoms with E-state index in [4.69, 9.17) is 14.2 Å². The van der Waals surface area contributed by atoms with Crippen molar-refractivity contribution in [1.82, 2.24) is 25.5 Å². The van der Waals surface area contributed by atoms with Gasteiger partial charge in [0, 0.05) is 24.6 Å². The molecule has 0 saturated heterocycles. The number of carbonyl (C=O) groups excluding carboxylic acids is 1. The van der Waals surface area contributed by atoms with Crippen molar-refractivity contribution in [3.05, 3.63) is 24.0 Å². The van der Waals surface area contributed by atoms with Crippen LogP contribution in [0.3, 0.4) is 0 Å². The Labute approximate surface area is 210 Å². The summed E-state index contributed by atoms with van der Waals surface area (Å²) in [6, 6.07) is 5.70. The Morgan fingerprint density at radius 1 is 1.22 bits per heavy atom. The summed E-state index contributed by atoms with van der Waals surface area (Å²) < 4.78 is 18.4. The lowest BCUT2D eigenvalue weighted by Gasteiger charge is -2.63. The third-order valence-electron chi connectivity index (χ3n) is 8.50. The van der Waals surface area contributed by atoms with Crippen LogP contribution >= 0.6 is 0 Å². The minimum Gasteiger partial charge on any atom is -0.460 e. The maximum absolute atomic E-state index is 12.6. The molecule has 1 aromatic carbocycles. The minimum absolute atomic E-state index is 0.0532. The first-order chi connectivity index (χ1) is 17.1. The van der Waals surface area contributed by atoms with Gasteiger partial charge in [0.05, 0.1) is 17.1 Å². The average molecular weight is 498 g/mol. The molecule has 3 aliphatic carbocycles. The number of nitrogens with one attached hydrogen (secondary N) is 1. The number of aromatic nitrogens is 4. The van der Waals surface area contributed by atoms with Gasteiger partial charge in [0.1, 0.15) is 5.60 Å². The van der Waals surface area contributed by atoms with Crippen molar-refractivity contribution in [3.8, 4) is 17.2 Å². The predicted octanol–water partition coefficient (Wildman–Crippen LogP) is 2.87. The van der Waals surface area contributed by atoms with Gasteiger partial charge >= 0.3 is 5.97 Å². The van der Waals surface area contributed by atoms with E-state index in [1.165, 1.54) is 0 Å². The van der Waals surface area contributed by atoms with Crippen LogP contribution in [-0.2, 0) is 15.1 Å². The molecule has 0 bridgehead atoms. The van der Waals surface area contributed by atoms with Gasteiger partial charge in [-0.15, -0.1) is 5.10 Å². The average Bonchev–Trinajstić information content (AvgIpc) is 3.40. The fourth-order valence-corrected chi connectivity index (χ4v) is 6.52. The largest absolute Gasteiger partial charge is 0.460 e. The molecule has 0 atom stereocenters. The summed E-state index contributed by atoms with van der Waals surface area (Å²) in [5.74, 6) is 1.98. The van der Waals surface area contributed by atoms with Crippen LogP contribution in [0.1, 0.15) is 71.5 Å². The van der Waals surface area contributed by atoms with Crippen LogP contribution in [0, 0.1) is 16.7 Å². The van der Waals surface area contributed by atoms with Crippen LogP contribution in [0.2, 0.25) is 0 Å². The van der Waals surface area contributed by atoms with E-state index in [9.17, 15) is 9.90 Å². The highest BCUT2D eigenvalue weighted by molar-refractivity contribution is 5.74. The van der Waals surface area contributed by atoms with Gasteiger partial charge in [-0.1, -0.05) is 6.42 Å². The smallest absolute Gasteiger partial charge is 0.309 e. The first-order valence-corrected chi connectivity index (χ1v) is 12.9. The molecule has 1 aromatic heterocycles. The number of nitrogens with zero attached hydrogens (tertiary/aromatic N) is 4. The number of benzene rings is 1. The van der Waals surface area contributed by atoms with Crippen molar-refractivity contribution in [1.29, 1.82) is 0 Å². The zero-order valence-electron chi connectivity index (χ0n) is 21.2. The van der Waals surface area contributed by atoms with Gasteiger partial charge in [-0.2, -0.15) is 4.68 Å². The molecule has 1 aliphatic heterocycles. The molecule has 2 N–H and O–H groups in total. The number of hydrogen-bond acceptors (Lipinski definition) is 9. The zero-order valence-corrected chi connectivity index (χ0v) is 21.2. The maximum Gasteiger partial charge on any atom is 0.309 e. The van der Waals surface area contributed by atoms with Gasteiger partial charge in [-0.3, -0.25) is 4.79 Å². The molecule has 4 aliphatic rings. The molecule has 3 fully saturated rings. The van der Waals surface area contributed by atoms with Gasteiger partial charge in [-0.25, -0.2) is 0 Å². The lowest BCUT2D eigenvalue weighted by atomic mass is 9.45. The van der Waals surface area contributed by atoms with Gasteiger partial charge in [0.25, 0.3) is 0 Å². The van der Waals surface area contributed by atoms with E-state index in [1.54, 1.807) is 4.68 Å². The number of tetrazole rings is 1. The number of fused-ring (bicyclic) bond motifs is 1. The molecule has 2 aromatic rings. The number of aliphatic hydroxyl groups is 1. The molecular formula is C26H35N5O5. The van der Waals surface area contributed by atoms with E-state index in [2.05, 4.69) is 20.8 Å². The molecule has 6 rings (SSSR count). The predicted molar refractivity (Wildman–Crippen MR) is 129 cm³/mol. The topological polar surface area (TPSA) is 121 Å². The molecule has 2 heterocycles. The van der Waals surface area contributed by atoms with Gasteiger partial charge in [-0.05, 0) is 87.3 Å². The van der Waals surface area contributed by atoms with Crippen LogP contribution in [0.15, 0.2) is 18.2 Å². The molecular weight excluding hydrogens is 462 g/mol. The number of rotatable bonds is 7. The second-order valence-electron chi connectivity index (χ2n) is 12.4. The Morgan fingerprint density at radius 3 is 2.64 bits per heavy atom. The second-order valence-corrected chi connectivity index (χ2v) is 12.4. The van der Waals surface area contributed by atoms with Crippen LogP contribution in [0.25, 0.3) is 5.69 Å². The summed E-state index contributed by atoms with van der Waals surface area (Å²) in [5, 5.41) is 26.7. The van der Waals surface area contributed by atoms with Crippen molar-refractivity contribution >= 4 is 5.97 Å². The Kier molecular flexibility index (Phi) is 5.35. The minimum atomic E-state index is -0.473. The van der Waals surface area contributed by atoms with E-state index in [0.29, 0.717) is 18.0 Å². The summed E-state index contributed by atoms with van der Waals surface area (Å²) in [6.07, 6.45) is 6.50. The van der Waals surface area contributed by atoms with Gasteiger partial charge in [0.2, 0.25) is 6.79 Å². The lowest BCUT2D eigenvalue weighted by molar-refractivity contribution is -0.180. The summed E-state index contributed by atoms with van der Waals surface area (Å²) in [6.45, 7) is 6.82. The van der Waals surface area contributed by atoms with Crippen molar-refractivity contribution in [2.24, 2.45) is 16.7 Å². The molecule has 1 spiro atoms. The zero-order chi connectivity index (χ0) is 25.2. The van der Waals surface area contributed by atoms with E-state index < -0.39 is 11.1 Å². The number of aliphatic hydroxyl groups excluding tert-OH is 1. The Balaban J connectivity index is 1.24. The molecule has 194 valence electrons. The van der Waals surface area contributed by atoms with Gasteiger partial charge < -0.3 is 24.6 Å². The normalized spacial score (nSPS) is 29.8. The molecule has 3 saturated carbocycles. The second kappa shape index (κ2) is 8.14. The van der Waals surface area contributed by atoms with E-state index >= 15 is 0 Å². The third kappa shape index (κ3) is 3.94.